The summed E-state index contributed by atoms with van der Waals surface area (Å²) in [6.45, 7) is 5.78. The molecule has 1 aromatic heterocycles. The van der Waals surface area contributed by atoms with Crippen molar-refractivity contribution >= 4 is 35.0 Å². The Morgan fingerprint density at radius 3 is 2.73 bits per heavy atom. The van der Waals surface area contributed by atoms with Crippen LogP contribution in [0.2, 0.25) is 5.02 Å². The average molecular weight is 388 g/mol. The second-order valence-electron chi connectivity index (χ2n) is 5.95. The highest BCUT2D eigenvalue weighted by molar-refractivity contribution is 8.00. The maximum atomic E-state index is 12.4. The number of halogens is 1. The number of hydrogen-bond donors (Lipinski definition) is 1. The molecule has 0 aliphatic heterocycles. The molecule has 1 amide bonds. The highest BCUT2D eigenvalue weighted by Crippen LogP contribution is 2.28. The average Bonchev–Trinajstić information content (AvgIpc) is 3.06. The van der Waals surface area contributed by atoms with Gasteiger partial charge in [-0.05, 0) is 50.6 Å². The van der Waals surface area contributed by atoms with Gasteiger partial charge in [-0.15, -0.1) is 10.2 Å². The van der Waals surface area contributed by atoms with Crippen LogP contribution in [0.3, 0.4) is 0 Å². The van der Waals surface area contributed by atoms with Crippen LogP contribution in [0, 0.1) is 13.8 Å². The molecular formula is C19H18ClN3O2S. The standard InChI is InChI=1S/C19H18ClN3O2S/c1-11-7-8-16(12(2)9-11)21-17(24)13(3)26-19-23-22-18(25-19)14-5-4-6-15(20)10-14/h4-10,13H,1-3H3,(H,21,24). The first-order valence-electron chi connectivity index (χ1n) is 8.06. The SMILES string of the molecule is Cc1ccc(NC(=O)C(C)Sc2nnc(-c3cccc(Cl)c3)o2)c(C)c1. The zero-order chi connectivity index (χ0) is 18.7. The van der Waals surface area contributed by atoms with Crippen molar-refractivity contribution in [1.29, 1.82) is 0 Å². The first-order chi connectivity index (χ1) is 12.4. The number of anilines is 1. The minimum Gasteiger partial charge on any atom is -0.411 e. The molecule has 0 aliphatic rings. The van der Waals surface area contributed by atoms with E-state index in [-0.39, 0.29) is 11.2 Å². The molecule has 0 spiro atoms. The van der Waals surface area contributed by atoms with Crippen molar-refractivity contribution in [3.8, 4) is 11.5 Å². The number of hydrogen-bond acceptors (Lipinski definition) is 5. The van der Waals surface area contributed by atoms with Crippen molar-refractivity contribution in [2.45, 2.75) is 31.2 Å². The summed E-state index contributed by atoms with van der Waals surface area (Å²) < 4.78 is 5.64. The Kier molecular flexibility index (Phi) is 5.64. The van der Waals surface area contributed by atoms with E-state index in [0.29, 0.717) is 16.1 Å². The molecule has 0 saturated carbocycles. The summed E-state index contributed by atoms with van der Waals surface area (Å²) in [4.78, 5) is 12.4. The summed E-state index contributed by atoms with van der Waals surface area (Å²) in [5.74, 6) is 0.251. The maximum Gasteiger partial charge on any atom is 0.277 e. The molecule has 0 radical (unpaired) electrons. The zero-order valence-corrected chi connectivity index (χ0v) is 16.2. The van der Waals surface area contributed by atoms with Gasteiger partial charge < -0.3 is 9.73 Å². The number of thioether (sulfide) groups is 1. The van der Waals surface area contributed by atoms with E-state index in [1.54, 1.807) is 19.1 Å². The third-order valence-corrected chi connectivity index (χ3v) is 4.93. The Balaban J connectivity index is 1.66. The molecular weight excluding hydrogens is 370 g/mol. The number of nitrogens with zero attached hydrogens (tertiary/aromatic N) is 2. The quantitative estimate of drug-likeness (QED) is 0.615. The Hall–Kier alpha value is -2.31. The molecule has 2 aromatic carbocycles. The topological polar surface area (TPSA) is 68.0 Å². The van der Waals surface area contributed by atoms with E-state index >= 15 is 0 Å². The van der Waals surface area contributed by atoms with Crippen molar-refractivity contribution in [2.75, 3.05) is 5.32 Å². The van der Waals surface area contributed by atoms with E-state index in [1.807, 2.05) is 44.2 Å². The molecule has 1 unspecified atom stereocenters. The minimum atomic E-state index is -0.386. The Morgan fingerprint density at radius 2 is 2.00 bits per heavy atom. The molecule has 3 aromatic rings. The smallest absolute Gasteiger partial charge is 0.277 e. The number of rotatable bonds is 5. The van der Waals surface area contributed by atoms with Crippen molar-refractivity contribution in [1.82, 2.24) is 10.2 Å². The number of aromatic nitrogens is 2. The lowest BCUT2D eigenvalue weighted by Crippen LogP contribution is -2.22. The number of aryl methyl sites for hydroxylation is 2. The fraction of sp³-hybridized carbons (Fsp3) is 0.211. The summed E-state index contributed by atoms with van der Waals surface area (Å²) >= 11 is 7.19. The van der Waals surface area contributed by atoms with Crippen LogP contribution in [0.25, 0.3) is 11.5 Å². The monoisotopic (exact) mass is 387 g/mol. The number of carbonyl (C=O) groups is 1. The van der Waals surface area contributed by atoms with Crippen LogP contribution < -0.4 is 5.32 Å². The van der Waals surface area contributed by atoms with Crippen LogP contribution in [0.1, 0.15) is 18.1 Å². The van der Waals surface area contributed by atoms with Gasteiger partial charge in [-0.1, -0.05) is 47.1 Å². The summed E-state index contributed by atoms with van der Waals surface area (Å²) in [5, 5.41) is 11.5. The van der Waals surface area contributed by atoms with Crippen LogP contribution in [0.5, 0.6) is 0 Å². The summed E-state index contributed by atoms with van der Waals surface area (Å²) in [6, 6.07) is 13.1. The highest BCUT2D eigenvalue weighted by Gasteiger charge is 2.19. The zero-order valence-electron chi connectivity index (χ0n) is 14.6. The molecule has 0 bridgehead atoms. The Labute approximate surface area is 161 Å². The Morgan fingerprint density at radius 1 is 1.19 bits per heavy atom. The molecule has 5 nitrogen and oxygen atoms in total. The van der Waals surface area contributed by atoms with E-state index in [0.717, 1.165) is 22.4 Å². The van der Waals surface area contributed by atoms with E-state index < -0.39 is 0 Å². The van der Waals surface area contributed by atoms with E-state index in [2.05, 4.69) is 15.5 Å². The third kappa shape index (κ3) is 4.45. The molecule has 3 rings (SSSR count). The van der Waals surface area contributed by atoms with Gasteiger partial charge in [0.15, 0.2) is 0 Å². The maximum absolute atomic E-state index is 12.4. The van der Waals surface area contributed by atoms with Crippen molar-refractivity contribution < 1.29 is 9.21 Å². The van der Waals surface area contributed by atoms with Gasteiger partial charge >= 0.3 is 0 Å². The van der Waals surface area contributed by atoms with Crippen LogP contribution >= 0.6 is 23.4 Å². The predicted molar refractivity (Wildman–Crippen MR) is 105 cm³/mol. The third-order valence-electron chi connectivity index (χ3n) is 3.76. The molecule has 26 heavy (non-hydrogen) atoms. The number of nitrogens with one attached hydrogen (secondary N) is 1. The lowest BCUT2D eigenvalue weighted by atomic mass is 10.1. The van der Waals surface area contributed by atoms with Crippen molar-refractivity contribution in [3.05, 3.63) is 58.6 Å². The number of carbonyl (C=O) groups excluding carboxylic acids is 1. The van der Waals surface area contributed by atoms with E-state index in [1.165, 1.54) is 11.8 Å². The van der Waals surface area contributed by atoms with Gasteiger partial charge in [-0.25, -0.2) is 0 Å². The molecule has 1 atom stereocenters. The molecule has 1 heterocycles. The van der Waals surface area contributed by atoms with Crippen LogP contribution in [-0.2, 0) is 4.79 Å². The predicted octanol–water partition coefficient (Wildman–Crippen LogP) is 5.13. The molecule has 0 fully saturated rings. The van der Waals surface area contributed by atoms with Gasteiger partial charge in [0.2, 0.25) is 11.8 Å². The fourth-order valence-corrected chi connectivity index (χ4v) is 3.26. The highest BCUT2D eigenvalue weighted by atomic mass is 35.5. The number of benzene rings is 2. The molecule has 0 saturated heterocycles. The van der Waals surface area contributed by atoms with Gasteiger partial charge in [0.1, 0.15) is 0 Å². The summed E-state index contributed by atoms with van der Waals surface area (Å²) in [5.41, 5.74) is 3.72. The normalized spacial score (nSPS) is 12.0. The summed E-state index contributed by atoms with van der Waals surface area (Å²) in [6.07, 6.45) is 0. The first kappa shape index (κ1) is 18.5. The van der Waals surface area contributed by atoms with Gasteiger partial charge in [0, 0.05) is 16.3 Å². The largest absolute Gasteiger partial charge is 0.411 e. The van der Waals surface area contributed by atoms with Crippen molar-refractivity contribution in [3.63, 3.8) is 0 Å². The second kappa shape index (κ2) is 7.93. The molecule has 1 N–H and O–H groups in total. The summed E-state index contributed by atoms with van der Waals surface area (Å²) in [7, 11) is 0. The molecule has 7 heteroatoms. The van der Waals surface area contributed by atoms with Crippen molar-refractivity contribution in [2.24, 2.45) is 0 Å². The van der Waals surface area contributed by atoms with E-state index in [9.17, 15) is 4.79 Å². The van der Waals surface area contributed by atoms with Crippen LogP contribution in [0.4, 0.5) is 5.69 Å². The van der Waals surface area contributed by atoms with Gasteiger partial charge in [-0.3, -0.25) is 4.79 Å². The lowest BCUT2D eigenvalue weighted by Gasteiger charge is -2.12. The Bertz CT molecular complexity index is 942. The number of amides is 1. The van der Waals surface area contributed by atoms with Gasteiger partial charge in [0.05, 0.1) is 5.25 Å². The lowest BCUT2D eigenvalue weighted by molar-refractivity contribution is -0.115. The first-order valence-corrected chi connectivity index (χ1v) is 9.32. The van der Waals surface area contributed by atoms with E-state index in [4.69, 9.17) is 16.0 Å². The molecule has 0 aliphatic carbocycles. The minimum absolute atomic E-state index is 0.121. The second-order valence-corrected chi connectivity index (χ2v) is 7.68. The fourth-order valence-electron chi connectivity index (χ4n) is 2.39. The molecule has 134 valence electrons. The van der Waals surface area contributed by atoms with Crippen LogP contribution in [0.15, 0.2) is 52.1 Å². The van der Waals surface area contributed by atoms with Gasteiger partial charge in [0.25, 0.3) is 5.22 Å². The van der Waals surface area contributed by atoms with Gasteiger partial charge in [-0.2, -0.15) is 0 Å². The van der Waals surface area contributed by atoms with Crippen LogP contribution in [-0.4, -0.2) is 21.4 Å².